The lowest BCUT2D eigenvalue weighted by molar-refractivity contribution is 0.829. The monoisotopic (exact) mass is 270 g/mol. The van der Waals surface area contributed by atoms with Crippen molar-refractivity contribution in [3.05, 3.63) is 40.1 Å². The van der Waals surface area contributed by atoms with Gasteiger partial charge in [-0.3, -0.25) is 4.98 Å². The minimum atomic E-state index is 0.532. The number of pyridine rings is 1. The molecule has 0 fully saturated rings. The number of hydrogen-bond donors (Lipinski definition) is 1. The molecule has 0 aromatic carbocycles. The third-order valence-electron chi connectivity index (χ3n) is 2.84. The van der Waals surface area contributed by atoms with Gasteiger partial charge in [0.25, 0.3) is 0 Å². The lowest BCUT2D eigenvalue weighted by Gasteiger charge is -2.09. The highest BCUT2D eigenvalue weighted by Crippen LogP contribution is 2.21. The van der Waals surface area contributed by atoms with Crippen LogP contribution in [0.2, 0.25) is 0 Å². The van der Waals surface area contributed by atoms with E-state index in [4.69, 9.17) is 17.5 Å². The summed E-state index contributed by atoms with van der Waals surface area (Å²) in [5.74, 6) is 0.871. The van der Waals surface area contributed by atoms with Crippen molar-refractivity contribution in [2.45, 2.75) is 26.7 Å². The molecule has 0 spiro atoms. The van der Waals surface area contributed by atoms with Gasteiger partial charge in [0, 0.05) is 29.9 Å². The molecule has 0 bridgehead atoms. The molecule has 2 aromatic rings. The number of rotatable bonds is 3. The van der Waals surface area contributed by atoms with Gasteiger partial charge >= 0.3 is 0 Å². The van der Waals surface area contributed by atoms with E-state index in [0.29, 0.717) is 10.2 Å². The highest BCUT2D eigenvalue weighted by molar-refractivity contribution is 7.71. The lowest BCUT2D eigenvalue weighted by atomic mass is 10.1. The van der Waals surface area contributed by atoms with E-state index in [9.17, 15) is 0 Å². The first-order valence-corrected chi connectivity index (χ1v) is 6.51. The largest absolute Gasteiger partial charge is 0.343 e. The fourth-order valence-corrected chi connectivity index (χ4v) is 2.07. The van der Waals surface area contributed by atoms with Crippen LogP contribution in [0, 0.1) is 22.9 Å². The third kappa shape index (κ3) is 2.85. The molecule has 0 saturated carbocycles. The number of nitrogens with zero attached hydrogens (tertiary/aromatic N) is 3. The summed E-state index contributed by atoms with van der Waals surface area (Å²) in [5, 5.41) is 8.94. The molecule has 0 aliphatic heterocycles. The standard InChI is InChI=1S/C14H14N4S/c1-3-4-12-17-13(9(2)14(19)18-12)11-5-10(6-15)7-16-8-11/h5,7-8H,3-4H2,1-2H3,(H,17,18,19). The van der Waals surface area contributed by atoms with Gasteiger partial charge in [0.1, 0.15) is 16.5 Å². The second-order valence-corrected chi connectivity index (χ2v) is 4.70. The van der Waals surface area contributed by atoms with Crippen LogP contribution in [-0.4, -0.2) is 15.0 Å². The van der Waals surface area contributed by atoms with Crippen molar-refractivity contribution in [1.82, 2.24) is 15.0 Å². The quantitative estimate of drug-likeness (QED) is 0.869. The molecule has 1 N–H and O–H groups in total. The number of nitrogens with one attached hydrogen (secondary N) is 1. The molecule has 0 unspecified atom stereocenters. The van der Waals surface area contributed by atoms with Crippen molar-refractivity contribution in [1.29, 1.82) is 5.26 Å². The maximum Gasteiger partial charge on any atom is 0.133 e. The highest BCUT2D eigenvalue weighted by atomic mass is 32.1. The van der Waals surface area contributed by atoms with E-state index in [1.165, 1.54) is 0 Å². The summed E-state index contributed by atoms with van der Waals surface area (Å²) in [6, 6.07) is 3.89. The maximum atomic E-state index is 8.94. The first-order chi connectivity index (χ1) is 9.15. The molecule has 0 amide bonds. The van der Waals surface area contributed by atoms with E-state index in [-0.39, 0.29) is 0 Å². The molecular formula is C14H14N4S. The summed E-state index contributed by atoms with van der Waals surface area (Å²) in [7, 11) is 0. The van der Waals surface area contributed by atoms with Crippen molar-refractivity contribution in [3.63, 3.8) is 0 Å². The normalized spacial score (nSPS) is 10.2. The van der Waals surface area contributed by atoms with Crippen LogP contribution in [0.3, 0.4) is 0 Å². The topological polar surface area (TPSA) is 65.4 Å². The minimum absolute atomic E-state index is 0.532. The number of aromatic nitrogens is 3. The molecule has 4 nitrogen and oxygen atoms in total. The first-order valence-electron chi connectivity index (χ1n) is 6.11. The Morgan fingerprint density at radius 2 is 2.21 bits per heavy atom. The van der Waals surface area contributed by atoms with E-state index >= 15 is 0 Å². The van der Waals surface area contributed by atoms with E-state index < -0.39 is 0 Å². The van der Waals surface area contributed by atoms with Crippen LogP contribution in [0.5, 0.6) is 0 Å². The van der Waals surface area contributed by atoms with Crippen molar-refractivity contribution in [2.24, 2.45) is 0 Å². The van der Waals surface area contributed by atoms with E-state index in [2.05, 4.69) is 27.9 Å². The third-order valence-corrected chi connectivity index (χ3v) is 3.24. The Hall–Kier alpha value is -2.06. The van der Waals surface area contributed by atoms with Crippen LogP contribution in [0.4, 0.5) is 0 Å². The Bertz CT molecular complexity index is 697. The average Bonchev–Trinajstić information content (AvgIpc) is 2.43. The summed E-state index contributed by atoms with van der Waals surface area (Å²) in [6.45, 7) is 4.02. The molecule has 5 heteroatoms. The zero-order valence-corrected chi connectivity index (χ0v) is 11.7. The van der Waals surface area contributed by atoms with E-state index in [1.54, 1.807) is 18.5 Å². The van der Waals surface area contributed by atoms with Gasteiger partial charge in [0.2, 0.25) is 0 Å². The Morgan fingerprint density at radius 3 is 2.89 bits per heavy atom. The van der Waals surface area contributed by atoms with Gasteiger partial charge in [-0.15, -0.1) is 0 Å². The molecule has 0 saturated heterocycles. The Balaban J connectivity index is 2.60. The summed E-state index contributed by atoms with van der Waals surface area (Å²) in [4.78, 5) is 11.7. The first kappa shape index (κ1) is 13.4. The Morgan fingerprint density at radius 1 is 1.42 bits per heavy atom. The second-order valence-electron chi connectivity index (χ2n) is 4.31. The van der Waals surface area contributed by atoms with Gasteiger partial charge in [0.05, 0.1) is 11.3 Å². The number of hydrogen-bond acceptors (Lipinski definition) is 4. The zero-order valence-electron chi connectivity index (χ0n) is 10.9. The molecule has 0 aliphatic carbocycles. The van der Waals surface area contributed by atoms with Crippen LogP contribution in [0.25, 0.3) is 11.3 Å². The van der Waals surface area contributed by atoms with Crippen molar-refractivity contribution in [3.8, 4) is 17.3 Å². The summed E-state index contributed by atoms with van der Waals surface area (Å²) in [5.41, 5.74) is 3.20. The molecule has 19 heavy (non-hydrogen) atoms. The molecule has 96 valence electrons. The highest BCUT2D eigenvalue weighted by Gasteiger charge is 2.08. The smallest absolute Gasteiger partial charge is 0.133 e. The summed E-state index contributed by atoms with van der Waals surface area (Å²) >= 11 is 5.29. The Labute approximate surface area is 117 Å². The van der Waals surface area contributed by atoms with Gasteiger partial charge in [-0.1, -0.05) is 19.1 Å². The minimum Gasteiger partial charge on any atom is -0.343 e. The van der Waals surface area contributed by atoms with Crippen LogP contribution in [0.1, 0.15) is 30.3 Å². The second kappa shape index (κ2) is 5.72. The number of nitriles is 1. The summed E-state index contributed by atoms with van der Waals surface area (Å²) < 4.78 is 0.597. The van der Waals surface area contributed by atoms with Crippen molar-refractivity contribution < 1.29 is 0 Å². The van der Waals surface area contributed by atoms with Gasteiger partial charge in [0.15, 0.2) is 0 Å². The Kier molecular flexibility index (Phi) is 4.03. The maximum absolute atomic E-state index is 8.94. The molecule has 2 rings (SSSR count). The van der Waals surface area contributed by atoms with Gasteiger partial charge in [-0.25, -0.2) is 4.98 Å². The van der Waals surface area contributed by atoms with Crippen LogP contribution in [-0.2, 0) is 6.42 Å². The van der Waals surface area contributed by atoms with Crippen molar-refractivity contribution in [2.75, 3.05) is 0 Å². The number of aryl methyl sites for hydroxylation is 1. The number of H-pyrrole nitrogens is 1. The number of aromatic amines is 1. The van der Waals surface area contributed by atoms with Crippen molar-refractivity contribution >= 4 is 12.2 Å². The van der Waals surface area contributed by atoms with E-state index in [0.717, 1.165) is 35.5 Å². The predicted octanol–water partition coefficient (Wildman–Crippen LogP) is 3.33. The summed E-state index contributed by atoms with van der Waals surface area (Å²) in [6.07, 6.45) is 5.12. The SMILES string of the molecule is CCCc1nc(=S)c(C)c(-c2cncc(C#N)c2)[nH]1. The van der Waals surface area contributed by atoms with E-state index in [1.807, 2.05) is 6.92 Å². The molecule has 0 radical (unpaired) electrons. The molecular weight excluding hydrogens is 256 g/mol. The lowest BCUT2D eigenvalue weighted by Crippen LogP contribution is -2.00. The average molecular weight is 270 g/mol. The van der Waals surface area contributed by atoms with Gasteiger partial charge in [-0.05, 0) is 19.4 Å². The molecule has 0 aliphatic rings. The van der Waals surface area contributed by atoms with Crippen LogP contribution < -0.4 is 0 Å². The molecule has 2 heterocycles. The van der Waals surface area contributed by atoms with Gasteiger partial charge < -0.3 is 4.98 Å². The fraction of sp³-hybridized carbons (Fsp3) is 0.286. The van der Waals surface area contributed by atoms with Crippen LogP contribution >= 0.6 is 12.2 Å². The van der Waals surface area contributed by atoms with Crippen LogP contribution in [0.15, 0.2) is 18.5 Å². The molecule has 0 atom stereocenters. The zero-order chi connectivity index (χ0) is 13.8. The predicted molar refractivity (Wildman–Crippen MR) is 76.1 cm³/mol. The van der Waals surface area contributed by atoms with Gasteiger partial charge in [-0.2, -0.15) is 5.26 Å². The fourth-order valence-electron chi connectivity index (χ4n) is 1.86. The molecule has 2 aromatic heterocycles.